The van der Waals surface area contributed by atoms with Gasteiger partial charge in [-0.1, -0.05) is 11.8 Å². The molecule has 0 aromatic carbocycles. The molecule has 0 saturated carbocycles. The first-order valence-corrected chi connectivity index (χ1v) is 4.55. The van der Waals surface area contributed by atoms with Gasteiger partial charge in [-0.25, -0.2) is 0 Å². The van der Waals surface area contributed by atoms with Crippen LogP contribution >= 0.6 is 11.8 Å². The number of thioether (sulfide) groups is 1. The normalized spacial score (nSPS) is 14.9. The second-order valence-electron chi connectivity index (χ2n) is 2.48. The zero-order valence-corrected chi connectivity index (χ0v) is 7.36. The van der Waals surface area contributed by atoms with Gasteiger partial charge < -0.3 is 5.11 Å². The first-order chi connectivity index (χ1) is 6.25. The number of hydrogen-bond acceptors (Lipinski definition) is 5. The SMILES string of the molecule is O=C(O)CC1=Nn2cnnc2SC1. The Kier molecular flexibility index (Phi) is 2.01. The molecular weight excluding hydrogens is 192 g/mol. The largest absolute Gasteiger partial charge is 0.481 e. The Morgan fingerprint density at radius 1 is 1.77 bits per heavy atom. The minimum Gasteiger partial charge on any atom is -0.481 e. The first-order valence-electron chi connectivity index (χ1n) is 3.57. The summed E-state index contributed by atoms with van der Waals surface area (Å²) in [4.78, 5) is 10.4. The molecule has 0 radical (unpaired) electrons. The summed E-state index contributed by atoms with van der Waals surface area (Å²) in [6.45, 7) is 0. The fourth-order valence-corrected chi connectivity index (χ4v) is 1.75. The Bertz CT molecular complexity index is 372. The van der Waals surface area contributed by atoms with Crippen LogP contribution in [-0.4, -0.2) is 37.4 Å². The van der Waals surface area contributed by atoms with E-state index >= 15 is 0 Å². The summed E-state index contributed by atoms with van der Waals surface area (Å²) in [5.41, 5.74) is 0.629. The third-order valence-electron chi connectivity index (χ3n) is 1.47. The van der Waals surface area contributed by atoms with Gasteiger partial charge >= 0.3 is 5.97 Å². The maximum atomic E-state index is 10.4. The number of rotatable bonds is 2. The Balaban J connectivity index is 2.22. The van der Waals surface area contributed by atoms with Gasteiger partial charge in [0.05, 0.1) is 12.1 Å². The van der Waals surface area contributed by atoms with E-state index in [-0.39, 0.29) is 6.42 Å². The number of nitrogens with zero attached hydrogens (tertiary/aromatic N) is 4. The number of hydrogen-bond donors (Lipinski definition) is 1. The molecule has 1 aromatic rings. The third-order valence-corrected chi connectivity index (χ3v) is 2.48. The van der Waals surface area contributed by atoms with E-state index in [9.17, 15) is 4.79 Å². The van der Waals surface area contributed by atoms with Crippen LogP contribution in [0.3, 0.4) is 0 Å². The predicted molar refractivity (Wildman–Crippen MR) is 45.8 cm³/mol. The lowest BCUT2D eigenvalue weighted by Gasteiger charge is -2.09. The summed E-state index contributed by atoms with van der Waals surface area (Å²) in [6, 6.07) is 0. The Labute approximate surface area is 77.7 Å². The maximum Gasteiger partial charge on any atom is 0.309 e. The van der Waals surface area contributed by atoms with Crippen molar-refractivity contribution in [1.82, 2.24) is 14.9 Å². The summed E-state index contributed by atoms with van der Waals surface area (Å²) in [5.74, 6) is -0.291. The highest BCUT2D eigenvalue weighted by Gasteiger charge is 2.15. The van der Waals surface area contributed by atoms with Crippen molar-refractivity contribution < 1.29 is 9.90 Å². The highest BCUT2D eigenvalue weighted by Crippen LogP contribution is 2.19. The molecule has 0 saturated heterocycles. The summed E-state index contributed by atoms with van der Waals surface area (Å²) in [7, 11) is 0. The van der Waals surface area contributed by atoms with Crippen LogP contribution in [0.1, 0.15) is 6.42 Å². The van der Waals surface area contributed by atoms with Gasteiger partial charge in [0.1, 0.15) is 6.33 Å². The van der Waals surface area contributed by atoms with E-state index in [1.807, 2.05) is 0 Å². The van der Waals surface area contributed by atoms with Crippen LogP contribution in [-0.2, 0) is 4.79 Å². The summed E-state index contributed by atoms with van der Waals surface area (Å²) < 4.78 is 1.49. The molecule has 2 rings (SSSR count). The second kappa shape index (κ2) is 3.17. The van der Waals surface area contributed by atoms with E-state index in [2.05, 4.69) is 15.3 Å². The lowest BCUT2D eigenvalue weighted by molar-refractivity contribution is -0.135. The maximum absolute atomic E-state index is 10.4. The minimum atomic E-state index is -0.865. The fraction of sp³-hybridized carbons (Fsp3) is 0.333. The number of aromatic nitrogens is 3. The van der Waals surface area contributed by atoms with Gasteiger partial charge in [0.25, 0.3) is 0 Å². The lowest BCUT2D eigenvalue weighted by Crippen LogP contribution is -2.15. The number of carboxylic acids is 1. The predicted octanol–water partition coefficient (Wildman–Crippen LogP) is 0.0626. The van der Waals surface area contributed by atoms with E-state index in [0.29, 0.717) is 16.6 Å². The molecule has 0 amide bonds. The summed E-state index contributed by atoms with van der Waals surface area (Å²) in [6.07, 6.45) is 1.44. The van der Waals surface area contributed by atoms with Crippen molar-refractivity contribution in [2.24, 2.45) is 5.10 Å². The monoisotopic (exact) mass is 198 g/mol. The lowest BCUT2D eigenvalue weighted by atomic mass is 10.3. The van der Waals surface area contributed by atoms with Crippen molar-refractivity contribution >= 4 is 23.4 Å². The molecule has 13 heavy (non-hydrogen) atoms. The zero-order valence-electron chi connectivity index (χ0n) is 6.54. The van der Waals surface area contributed by atoms with Gasteiger partial charge in [0, 0.05) is 5.75 Å². The molecule has 0 unspecified atom stereocenters. The molecule has 1 N–H and O–H groups in total. The summed E-state index contributed by atoms with van der Waals surface area (Å²) in [5, 5.41) is 20.7. The average Bonchev–Trinajstić information content (AvgIpc) is 2.49. The Hall–Kier alpha value is -1.37. The van der Waals surface area contributed by atoms with E-state index in [1.165, 1.54) is 22.8 Å². The van der Waals surface area contributed by atoms with Crippen molar-refractivity contribution in [3.8, 4) is 0 Å². The topological polar surface area (TPSA) is 80.4 Å². The van der Waals surface area contributed by atoms with Crippen LogP contribution in [0.25, 0.3) is 0 Å². The van der Waals surface area contributed by atoms with Crippen LogP contribution in [0.2, 0.25) is 0 Å². The van der Waals surface area contributed by atoms with Crippen LogP contribution in [0.15, 0.2) is 16.6 Å². The van der Waals surface area contributed by atoms with Gasteiger partial charge in [-0.05, 0) is 0 Å². The minimum absolute atomic E-state index is 0.0232. The smallest absolute Gasteiger partial charge is 0.309 e. The van der Waals surface area contributed by atoms with Crippen LogP contribution in [0.4, 0.5) is 0 Å². The standard InChI is InChI=1S/C6H6N4O2S/c11-5(12)1-4-2-13-6-8-7-3-10(6)9-4/h3H,1-2H2,(H,11,12). The molecule has 0 bridgehead atoms. The van der Waals surface area contributed by atoms with Gasteiger partial charge in [-0.3, -0.25) is 4.79 Å². The van der Waals surface area contributed by atoms with E-state index in [0.717, 1.165) is 0 Å². The molecule has 1 aromatic heterocycles. The molecule has 0 fully saturated rings. The van der Waals surface area contributed by atoms with Gasteiger partial charge in [-0.2, -0.15) is 9.78 Å². The Morgan fingerprint density at radius 2 is 2.62 bits per heavy atom. The summed E-state index contributed by atoms with van der Waals surface area (Å²) >= 11 is 1.44. The van der Waals surface area contributed by atoms with E-state index < -0.39 is 5.97 Å². The Morgan fingerprint density at radius 3 is 3.38 bits per heavy atom. The number of carbonyl (C=O) groups is 1. The molecule has 0 spiro atoms. The molecule has 1 aliphatic heterocycles. The van der Waals surface area contributed by atoms with Crippen LogP contribution < -0.4 is 0 Å². The molecule has 1 aliphatic rings. The number of carboxylic acid groups (broad SMARTS) is 1. The molecule has 0 atom stereocenters. The van der Waals surface area contributed by atoms with Crippen molar-refractivity contribution in [3.63, 3.8) is 0 Å². The highest BCUT2D eigenvalue weighted by atomic mass is 32.2. The van der Waals surface area contributed by atoms with E-state index in [4.69, 9.17) is 5.11 Å². The molecule has 68 valence electrons. The van der Waals surface area contributed by atoms with Crippen LogP contribution in [0.5, 0.6) is 0 Å². The number of aliphatic carboxylic acids is 1. The van der Waals surface area contributed by atoms with Crippen molar-refractivity contribution in [2.75, 3.05) is 5.75 Å². The molecular formula is C6H6N4O2S. The van der Waals surface area contributed by atoms with Gasteiger partial charge in [-0.15, -0.1) is 10.2 Å². The fourth-order valence-electron chi connectivity index (χ4n) is 0.973. The molecule has 7 heteroatoms. The van der Waals surface area contributed by atoms with Crippen molar-refractivity contribution in [2.45, 2.75) is 11.6 Å². The van der Waals surface area contributed by atoms with Gasteiger partial charge in [0.2, 0.25) is 5.16 Å². The zero-order chi connectivity index (χ0) is 9.26. The quantitative estimate of drug-likeness (QED) is 0.726. The van der Waals surface area contributed by atoms with Gasteiger partial charge in [0.15, 0.2) is 0 Å². The van der Waals surface area contributed by atoms with Crippen molar-refractivity contribution in [3.05, 3.63) is 6.33 Å². The van der Waals surface area contributed by atoms with Crippen LogP contribution in [0, 0.1) is 0 Å². The second-order valence-corrected chi connectivity index (χ2v) is 3.43. The van der Waals surface area contributed by atoms with Crippen molar-refractivity contribution in [1.29, 1.82) is 0 Å². The molecule has 2 heterocycles. The van der Waals surface area contributed by atoms with E-state index in [1.54, 1.807) is 0 Å². The third kappa shape index (κ3) is 1.69. The number of fused-ring (bicyclic) bond motifs is 1. The molecule has 0 aliphatic carbocycles. The average molecular weight is 198 g/mol. The molecule has 6 nitrogen and oxygen atoms in total. The highest BCUT2D eigenvalue weighted by molar-refractivity contribution is 7.99. The first kappa shape index (κ1) is 8.24.